The number of carbonyl (C=O) groups excluding carboxylic acids is 4. The molecular formula is C24H35N5O9. The van der Waals surface area contributed by atoms with Gasteiger partial charge in [-0.05, 0) is 42.9 Å². The van der Waals surface area contributed by atoms with Crippen molar-refractivity contribution >= 4 is 35.6 Å². The molecule has 0 aliphatic carbocycles. The van der Waals surface area contributed by atoms with E-state index in [1.54, 1.807) is 26.0 Å². The highest BCUT2D eigenvalue weighted by molar-refractivity contribution is 5.94. The van der Waals surface area contributed by atoms with Gasteiger partial charge in [-0.1, -0.05) is 26.0 Å². The zero-order valence-corrected chi connectivity index (χ0v) is 21.2. The van der Waals surface area contributed by atoms with E-state index in [1.165, 1.54) is 12.1 Å². The first kappa shape index (κ1) is 31.8. The molecule has 14 nitrogen and oxygen atoms in total. The Morgan fingerprint density at radius 2 is 1.37 bits per heavy atom. The number of phenols is 1. The number of nitrogens with two attached hydrogens (primary N) is 2. The molecule has 10 N–H and O–H groups in total. The Morgan fingerprint density at radius 1 is 0.816 bits per heavy atom. The molecule has 0 bridgehead atoms. The number of benzene rings is 1. The van der Waals surface area contributed by atoms with Gasteiger partial charge in [0.05, 0.1) is 6.04 Å². The topological polar surface area (TPSA) is 251 Å². The molecular weight excluding hydrogens is 502 g/mol. The summed E-state index contributed by atoms with van der Waals surface area (Å²) < 4.78 is 0. The van der Waals surface area contributed by atoms with Crippen LogP contribution in [0.5, 0.6) is 5.75 Å². The SMILES string of the molecule is CC(C)C(NC(=O)C(CCC(N)=O)NC(=O)C(N)Cc1ccc(O)cc1)C(=O)NC(CCC(=O)O)C(=O)O. The van der Waals surface area contributed by atoms with Crippen LogP contribution in [0.25, 0.3) is 0 Å². The number of rotatable bonds is 16. The summed E-state index contributed by atoms with van der Waals surface area (Å²) in [4.78, 5) is 72.1. The summed E-state index contributed by atoms with van der Waals surface area (Å²) in [7, 11) is 0. The Morgan fingerprint density at radius 3 is 1.87 bits per heavy atom. The molecule has 1 aromatic rings. The molecule has 0 radical (unpaired) electrons. The van der Waals surface area contributed by atoms with E-state index in [9.17, 15) is 39.0 Å². The van der Waals surface area contributed by atoms with Gasteiger partial charge in [-0.2, -0.15) is 0 Å². The zero-order valence-electron chi connectivity index (χ0n) is 21.2. The van der Waals surface area contributed by atoms with E-state index in [0.29, 0.717) is 5.56 Å². The number of carbonyl (C=O) groups is 6. The largest absolute Gasteiger partial charge is 0.508 e. The quantitative estimate of drug-likeness (QED) is 0.122. The minimum absolute atomic E-state index is 0.0373. The second-order valence-electron chi connectivity index (χ2n) is 9.11. The highest BCUT2D eigenvalue weighted by Gasteiger charge is 2.32. The van der Waals surface area contributed by atoms with Crippen molar-refractivity contribution in [2.24, 2.45) is 17.4 Å². The molecule has 1 rings (SSSR count). The Hall–Kier alpha value is -4.20. The standard InChI is InChI=1S/C24H35N5O9/c1-12(2)20(23(36)28-17(24(37)38)8-10-19(32)33)29-22(35)16(7-9-18(26)31)27-21(34)15(25)11-13-3-5-14(30)6-4-13/h3-6,12,15-17,20,30H,7-11,25H2,1-2H3,(H2,26,31)(H,27,34)(H,28,36)(H,29,35)(H,32,33)(H,37,38). The van der Waals surface area contributed by atoms with Crippen molar-refractivity contribution in [2.75, 3.05) is 0 Å². The molecule has 0 saturated carbocycles. The van der Waals surface area contributed by atoms with Crippen LogP contribution in [0.4, 0.5) is 0 Å². The Balaban J connectivity index is 2.96. The predicted molar refractivity (Wildman–Crippen MR) is 133 cm³/mol. The molecule has 0 aromatic heterocycles. The van der Waals surface area contributed by atoms with E-state index >= 15 is 0 Å². The van der Waals surface area contributed by atoms with Crippen molar-refractivity contribution in [3.63, 3.8) is 0 Å². The molecule has 4 amide bonds. The number of hydrogen-bond acceptors (Lipinski definition) is 8. The molecule has 0 aliphatic rings. The molecule has 0 saturated heterocycles. The number of carboxylic acids is 2. The lowest BCUT2D eigenvalue weighted by atomic mass is 10.0. The van der Waals surface area contributed by atoms with E-state index in [0.717, 1.165) is 0 Å². The summed E-state index contributed by atoms with van der Waals surface area (Å²) >= 11 is 0. The highest BCUT2D eigenvalue weighted by Crippen LogP contribution is 2.12. The number of primary amides is 1. The van der Waals surface area contributed by atoms with Crippen LogP contribution in [0.1, 0.15) is 45.1 Å². The van der Waals surface area contributed by atoms with Crippen molar-refractivity contribution in [3.05, 3.63) is 29.8 Å². The summed E-state index contributed by atoms with van der Waals surface area (Å²) in [6, 6.07) is 0.884. The van der Waals surface area contributed by atoms with Crippen molar-refractivity contribution in [2.45, 2.75) is 70.1 Å². The van der Waals surface area contributed by atoms with Gasteiger partial charge in [-0.15, -0.1) is 0 Å². The molecule has 14 heteroatoms. The molecule has 210 valence electrons. The molecule has 0 heterocycles. The second kappa shape index (κ2) is 15.1. The van der Waals surface area contributed by atoms with Gasteiger partial charge in [0.25, 0.3) is 0 Å². The lowest BCUT2D eigenvalue weighted by Crippen LogP contribution is -2.58. The maximum Gasteiger partial charge on any atom is 0.326 e. The van der Waals surface area contributed by atoms with Crippen LogP contribution in [-0.4, -0.2) is 75.1 Å². The van der Waals surface area contributed by atoms with Gasteiger partial charge < -0.3 is 42.7 Å². The third-order valence-corrected chi connectivity index (χ3v) is 5.55. The Bertz CT molecular complexity index is 1010. The van der Waals surface area contributed by atoms with Crippen molar-refractivity contribution in [1.29, 1.82) is 0 Å². The number of aromatic hydroxyl groups is 1. The number of aliphatic carboxylic acids is 2. The van der Waals surface area contributed by atoms with Gasteiger partial charge in [0.1, 0.15) is 23.9 Å². The molecule has 38 heavy (non-hydrogen) atoms. The van der Waals surface area contributed by atoms with Crippen LogP contribution in [0.2, 0.25) is 0 Å². The van der Waals surface area contributed by atoms with Crippen LogP contribution in [-0.2, 0) is 35.2 Å². The third kappa shape index (κ3) is 11.2. The zero-order chi connectivity index (χ0) is 29.0. The van der Waals surface area contributed by atoms with Gasteiger partial charge in [0, 0.05) is 12.8 Å². The van der Waals surface area contributed by atoms with Crippen LogP contribution in [0, 0.1) is 5.92 Å². The van der Waals surface area contributed by atoms with Gasteiger partial charge >= 0.3 is 11.9 Å². The van der Waals surface area contributed by atoms with Crippen molar-refractivity contribution in [3.8, 4) is 5.75 Å². The van der Waals surface area contributed by atoms with Crippen LogP contribution < -0.4 is 27.4 Å². The van der Waals surface area contributed by atoms with E-state index in [1.807, 2.05) is 0 Å². The molecule has 1 aromatic carbocycles. The Kier molecular flexibility index (Phi) is 12.7. The number of carboxylic acid groups (broad SMARTS) is 2. The van der Waals surface area contributed by atoms with E-state index in [4.69, 9.17) is 16.6 Å². The fraction of sp³-hybridized carbons (Fsp3) is 0.500. The van der Waals surface area contributed by atoms with Crippen LogP contribution in [0.15, 0.2) is 24.3 Å². The first-order valence-corrected chi connectivity index (χ1v) is 11.9. The number of hydrogen-bond donors (Lipinski definition) is 8. The summed E-state index contributed by atoms with van der Waals surface area (Å²) in [5.41, 5.74) is 11.8. The average Bonchev–Trinajstić information content (AvgIpc) is 2.82. The third-order valence-electron chi connectivity index (χ3n) is 5.55. The average molecular weight is 538 g/mol. The summed E-state index contributed by atoms with van der Waals surface area (Å²) in [5, 5.41) is 34.6. The fourth-order valence-corrected chi connectivity index (χ4v) is 3.39. The Labute approximate surface area is 219 Å². The molecule has 0 fully saturated rings. The van der Waals surface area contributed by atoms with Gasteiger partial charge in [-0.25, -0.2) is 4.79 Å². The normalized spacial score (nSPS) is 14.0. The van der Waals surface area contributed by atoms with Gasteiger partial charge in [-0.3, -0.25) is 24.0 Å². The first-order chi connectivity index (χ1) is 17.7. The predicted octanol–water partition coefficient (Wildman–Crippen LogP) is -1.41. The number of phenolic OH excluding ortho intramolecular Hbond substituents is 1. The lowest BCUT2D eigenvalue weighted by molar-refractivity contribution is -0.143. The minimum atomic E-state index is -1.50. The highest BCUT2D eigenvalue weighted by atomic mass is 16.4. The first-order valence-electron chi connectivity index (χ1n) is 11.9. The molecule has 4 unspecified atom stereocenters. The lowest BCUT2D eigenvalue weighted by Gasteiger charge is -2.27. The maximum absolute atomic E-state index is 13.0. The van der Waals surface area contributed by atoms with E-state index in [2.05, 4.69) is 16.0 Å². The minimum Gasteiger partial charge on any atom is -0.508 e. The fourth-order valence-electron chi connectivity index (χ4n) is 3.39. The van der Waals surface area contributed by atoms with Crippen molar-refractivity contribution < 1.29 is 44.1 Å². The maximum atomic E-state index is 13.0. The molecule has 0 aliphatic heterocycles. The van der Waals surface area contributed by atoms with E-state index in [-0.39, 0.29) is 31.4 Å². The molecule has 4 atom stereocenters. The monoisotopic (exact) mass is 537 g/mol. The summed E-state index contributed by atoms with van der Waals surface area (Å²) in [5.74, 6) is -6.32. The van der Waals surface area contributed by atoms with Crippen molar-refractivity contribution in [1.82, 2.24) is 16.0 Å². The van der Waals surface area contributed by atoms with Crippen LogP contribution >= 0.6 is 0 Å². The van der Waals surface area contributed by atoms with Crippen LogP contribution in [0.3, 0.4) is 0 Å². The second-order valence-corrected chi connectivity index (χ2v) is 9.11. The number of amides is 4. The summed E-state index contributed by atoms with van der Waals surface area (Å²) in [6.07, 6.45) is -1.24. The summed E-state index contributed by atoms with van der Waals surface area (Å²) in [6.45, 7) is 3.17. The smallest absolute Gasteiger partial charge is 0.326 e. The van der Waals surface area contributed by atoms with E-state index < -0.39 is 72.1 Å². The van der Waals surface area contributed by atoms with Gasteiger partial charge in [0.15, 0.2) is 0 Å². The number of nitrogens with one attached hydrogen (secondary N) is 3. The molecule has 0 spiro atoms. The van der Waals surface area contributed by atoms with Gasteiger partial charge in [0.2, 0.25) is 23.6 Å².